The van der Waals surface area contributed by atoms with Crippen molar-refractivity contribution in [1.29, 1.82) is 0 Å². The van der Waals surface area contributed by atoms with Crippen molar-refractivity contribution < 1.29 is 43.5 Å². The Bertz CT molecular complexity index is 1460. The van der Waals surface area contributed by atoms with Crippen LogP contribution in [0.25, 0.3) is 0 Å². The average Bonchev–Trinajstić information content (AvgIpc) is 3.07. The molecule has 0 saturated heterocycles. The highest BCUT2D eigenvalue weighted by atomic mass is 32.1. The number of carboxylic acids is 1. The van der Waals surface area contributed by atoms with Gasteiger partial charge in [-0.3, -0.25) is 43.3 Å². The number of hydrogen-bond donors (Lipinski definition) is 11. The molecule has 0 fully saturated rings. The van der Waals surface area contributed by atoms with Crippen LogP contribution in [0, 0.1) is 0 Å². The van der Waals surface area contributed by atoms with E-state index in [1.54, 1.807) is 30.3 Å². The second-order valence-electron chi connectivity index (χ2n) is 12.0. The van der Waals surface area contributed by atoms with Gasteiger partial charge in [-0.05, 0) is 46.1 Å². The van der Waals surface area contributed by atoms with Gasteiger partial charge in [0.15, 0.2) is 5.96 Å². The lowest BCUT2D eigenvalue weighted by molar-refractivity contribution is -0.141. The number of nitrogens with zero attached hydrogens (tertiary/aromatic N) is 1. The molecule has 52 heavy (non-hydrogen) atoms. The number of carbonyl (C=O) groups is 8. The first-order valence-corrected chi connectivity index (χ1v) is 17.0. The van der Waals surface area contributed by atoms with Gasteiger partial charge in [-0.1, -0.05) is 30.3 Å². The number of amides is 7. The Kier molecular flexibility index (Phi) is 19.2. The van der Waals surface area contributed by atoms with E-state index >= 15 is 0 Å². The van der Waals surface area contributed by atoms with E-state index in [-0.39, 0.29) is 31.1 Å². The molecule has 0 saturated carbocycles. The molecule has 0 unspecified atom stereocenters. The van der Waals surface area contributed by atoms with Crippen LogP contribution in [0.5, 0.6) is 0 Å². The van der Waals surface area contributed by atoms with Crippen LogP contribution in [-0.2, 0) is 44.8 Å². The molecule has 7 amide bonds. The number of aliphatic carboxylic acids is 1. The van der Waals surface area contributed by atoms with Crippen LogP contribution in [0.4, 0.5) is 0 Å². The van der Waals surface area contributed by atoms with Crippen molar-refractivity contribution in [2.24, 2.45) is 16.5 Å². The third kappa shape index (κ3) is 16.5. The Morgan fingerprint density at radius 1 is 0.654 bits per heavy atom. The summed E-state index contributed by atoms with van der Waals surface area (Å²) in [5.74, 6) is -6.50. The van der Waals surface area contributed by atoms with Crippen molar-refractivity contribution in [1.82, 2.24) is 37.2 Å². The van der Waals surface area contributed by atoms with Gasteiger partial charge in [-0.15, -0.1) is 0 Å². The largest absolute Gasteiger partial charge is 0.480 e. The number of nitrogens with one attached hydrogen (secondary N) is 7. The van der Waals surface area contributed by atoms with Gasteiger partial charge in [0.1, 0.15) is 42.3 Å². The lowest BCUT2D eigenvalue weighted by atomic mass is 10.0. The number of carboxylic acid groups (broad SMARTS) is 1. The van der Waals surface area contributed by atoms with Gasteiger partial charge in [-0.2, -0.15) is 12.6 Å². The van der Waals surface area contributed by atoms with Crippen LogP contribution in [-0.4, -0.2) is 113 Å². The monoisotopic (exact) mass is 750 g/mol. The highest BCUT2D eigenvalue weighted by Crippen LogP contribution is 2.07. The molecule has 0 radical (unpaired) electrons. The van der Waals surface area contributed by atoms with Gasteiger partial charge in [0.25, 0.3) is 0 Å². The fourth-order valence-electron chi connectivity index (χ4n) is 4.40. The quantitative estimate of drug-likeness (QED) is 0.0257. The van der Waals surface area contributed by atoms with Crippen LogP contribution in [0.15, 0.2) is 35.3 Å². The number of guanidine groups is 1. The third-order valence-corrected chi connectivity index (χ3v) is 7.72. The predicted molar refractivity (Wildman–Crippen MR) is 193 cm³/mol. The summed E-state index contributed by atoms with van der Waals surface area (Å²) in [6.45, 7) is 6.73. The highest BCUT2D eigenvalue weighted by Gasteiger charge is 2.30. The lowest BCUT2D eigenvalue weighted by Crippen LogP contribution is -2.59. The zero-order valence-electron chi connectivity index (χ0n) is 29.7. The molecule has 0 heterocycles. The fraction of sp³-hybridized carbons (Fsp3) is 0.531. The van der Waals surface area contributed by atoms with Crippen molar-refractivity contribution in [3.63, 3.8) is 0 Å². The van der Waals surface area contributed by atoms with Gasteiger partial charge in [0.2, 0.25) is 41.4 Å². The minimum atomic E-state index is -1.27. The molecule has 7 atom stereocenters. The second kappa shape index (κ2) is 22.4. The first-order valence-electron chi connectivity index (χ1n) is 16.4. The van der Waals surface area contributed by atoms with E-state index in [4.69, 9.17) is 16.6 Å². The van der Waals surface area contributed by atoms with Gasteiger partial charge in [0.05, 0.1) is 0 Å². The summed E-state index contributed by atoms with van der Waals surface area (Å²) >= 11 is 4.08. The summed E-state index contributed by atoms with van der Waals surface area (Å²) in [7, 11) is 0. The van der Waals surface area contributed by atoms with Gasteiger partial charge in [0, 0.05) is 25.6 Å². The van der Waals surface area contributed by atoms with E-state index in [1.807, 2.05) is 0 Å². The zero-order valence-corrected chi connectivity index (χ0v) is 30.6. The average molecular weight is 751 g/mol. The normalized spacial score (nSPS) is 14.7. The van der Waals surface area contributed by atoms with E-state index in [0.29, 0.717) is 12.0 Å². The molecule has 0 aliphatic carbocycles. The summed E-state index contributed by atoms with van der Waals surface area (Å²) in [4.78, 5) is 104. The molecule has 288 valence electrons. The minimum Gasteiger partial charge on any atom is -0.480 e. The Morgan fingerprint density at radius 3 is 1.58 bits per heavy atom. The maximum absolute atomic E-state index is 13.5. The molecular formula is C32H50N10O9S. The Balaban J connectivity index is 2.92. The number of carbonyl (C=O) groups excluding carboxylic acids is 7. The standard InChI is InChI=1S/C32H50N10O9S/c1-16(25(44)36-18(3)27(46)42-24(15-52)30(49)38-17(2)26(45)39-19(4)31(50)51)37-29(48)23(14-21-10-7-6-8-11-21)41-28(47)22(40-20(5)43)12-9-13-35-32(33)34/h6-8,10-11,16-19,22-24,52H,9,12-15H2,1-5H3,(H,36,44)(H,37,48)(H,38,49)(H,39,45)(H,40,43)(H,41,47)(H,42,46)(H,50,51)(H4,33,34,35)/t16-,17-,18-,19-,22-,23-,24-/m0/s1. The van der Waals surface area contributed by atoms with Crippen molar-refractivity contribution in [3.8, 4) is 0 Å². The van der Waals surface area contributed by atoms with Crippen molar-refractivity contribution in [3.05, 3.63) is 35.9 Å². The predicted octanol–water partition coefficient (Wildman–Crippen LogP) is -3.21. The summed E-state index contributed by atoms with van der Waals surface area (Å²) in [5.41, 5.74) is 11.4. The second-order valence-corrected chi connectivity index (χ2v) is 12.3. The molecule has 12 N–H and O–H groups in total. The third-order valence-electron chi connectivity index (χ3n) is 7.36. The number of rotatable bonds is 21. The molecular weight excluding hydrogens is 700 g/mol. The van der Waals surface area contributed by atoms with Crippen molar-refractivity contribution in [2.75, 3.05) is 12.3 Å². The summed E-state index contributed by atoms with van der Waals surface area (Å²) < 4.78 is 0. The number of thiol groups is 1. The Labute approximate surface area is 307 Å². The summed E-state index contributed by atoms with van der Waals surface area (Å²) in [5, 5.41) is 26.1. The van der Waals surface area contributed by atoms with E-state index in [0.717, 1.165) is 0 Å². The summed E-state index contributed by atoms with van der Waals surface area (Å²) in [6, 6.07) is 0.630. The van der Waals surface area contributed by atoms with Crippen LogP contribution >= 0.6 is 12.6 Å². The maximum Gasteiger partial charge on any atom is 0.325 e. The smallest absolute Gasteiger partial charge is 0.325 e. The number of benzene rings is 1. The zero-order chi connectivity index (χ0) is 39.5. The molecule has 19 nitrogen and oxygen atoms in total. The van der Waals surface area contributed by atoms with Gasteiger partial charge in [-0.25, -0.2) is 0 Å². The van der Waals surface area contributed by atoms with Gasteiger partial charge >= 0.3 is 5.97 Å². The number of nitrogens with two attached hydrogens (primary N) is 2. The van der Waals surface area contributed by atoms with E-state index < -0.39 is 89.6 Å². The SMILES string of the molecule is CC(=O)N[C@@H](CCCN=C(N)N)C(=O)N[C@@H](Cc1ccccc1)C(=O)N[C@@H](C)C(=O)N[C@@H](C)C(=O)N[C@@H](CS)C(=O)N[C@@H](C)C(=O)N[C@@H](C)C(=O)O. The number of hydrogen-bond acceptors (Lipinski definition) is 10. The molecule has 0 spiro atoms. The van der Waals surface area contributed by atoms with Crippen LogP contribution in [0.1, 0.15) is 53.0 Å². The minimum absolute atomic E-state index is 0.0401. The van der Waals surface area contributed by atoms with Crippen LogP contribution < -0.4 is 48.7 Å². The molecule has 0 aliphatic rings. The highest BCUT2D eigenvalue weighted by molar-refractivity contribution is 7.80. The first kappa shape index (κ1) is 44.6. The molecule has 20 heteroatoms. The van der Waals surface area contributed by atoms with Crippen LogP contribution in [0.2, 0.25) is 0 Å². The molecule has 0 bridgehead atoms. The molecule has 1 rings (SSSR count). The lowest BCUT2D eigenvalue weighted by Gasteiger charge is -2.25. The fourth-order valence-corrected chi connectivity index (χ4v) is 4.66. The molecule has 1 aromatic carbocycles. The van der Waals surface area contributed by atoms with Crippen molar-refractivity contribution in [2.45, 2.75) is 96.2 Å². The molecule has 0 aromatic heterocycles. The van der Waals surface area contributed by atoms with Crippen molar-refractivity contribution >= 4 is 65.9 Å². The molecule has 1 aromatic rings. The van der Waals surface area contributed by atoms with E-state index in [1.165, 1.54) is 34.6 Å². The van der Waals surface area contributed by atoms with Crippen LogP contribution in [0.3, 0.4) is 0 Å². The molecule has 0 aliphatic heterocycles. The first-order chi connectivity index (χ1) is 24.4. The summed E-state index contributed by atoms with van der Waals surface area (Å²) in [6.07, 6.45) is 0.549. The Morgan fingerprint density at radius 2 is 1.10 bits per heavy atom. The van der Waals surface area contributed by atoms with E-state index in [9.17, 15) is 38.4 Å². The van der Waals surface area contributed by atoms with E-state index in [2.05, 4.69) is 54.8 Å². The number of aliphatic imine (C=N–C) groups is 1. The van der Waals surface area contributed by atoms with Gasteiger partial charge < -0.3 is 53.8 Å². The maximum atomic E-state index is 13.5. The Hall–Kier alpha value is -5.40. The topological polar surface area (TPSA) is 305 Å².